The number of rotatable bonds is 1. The van der Waals surface area contributed by atoms with Crippen molar-refractivity contribution in [2.24, 2.45) is 0 Å². The molecule has 1 atom stereocenters. The van der Waals surface area contributed by atoms with E-state index in [1.807, 2.05) is 0 Å². The minimum absolute atomic E-state index is 0. The fraction of sp³-hybridized carbons (Fsp3) is 0.200. The first kappa shape index (κ1) is 13.8. The zero-order valence-corrected chi connectivity index (χ0v) is 13.1. The average molecular weight is 308 g/mol. The van der Waals surface area contributed by atoms with Gasteiger partial charge in [0.25, 0.3) is 0 Å². The van der Waals surface area contributed by atoms with Crippen molar-refractivity contribution in [1.29, 1.82) is 0 Å². The topological polar surface area (TPSA) is 12.0 Å². The lowest BCUT2D eigenvalue weighted by atomic mass is 9.89. The van der Waals surface area contributed by atoms with Crippen molar-refractivity contribution in [2.75, 3.05) is 6.54 Å². The zero-order chi connectivity index (χ0) is 13.8. The third kappa shape index (κ3) is 1.83. The van der Waals surface area contributed by atoms with E-state index in [-0.39, 0.29) is 12.4 Å². The van der Waals surface area contributed by atoms with Crippen LogP contribution < -0.4 is 5.32 Å². The summed E-state index contributed by atoms with van der Waals surface area (Å²) in [6.45, 7) is 1.15. The predicted octanol–water partition coefficient (Wildman–Crippen LogP) is 5.43. The third-order valence-corrected chi connectivity index (χ3v) is 5.00. The number of halogens is 1. The first-order chi connectivity index (χ1) is 10.4. The molecule has 0 aliphatic carbocycles. The van der Waals surface area contributed by atoms with Crippen LogP contribution in [0, 0.1) is 0 Å². The molecule has 0 amide bonds. The summed E-state index contributed by atoms with van der Waals surface area (Å²) in [4.78, 5) is 0. The molecule has 1 aliphatic rings. The second-order valence-corrected chi connectivity index (χ2v) is 6.16. The van der Waals surface area contributed by atoms with Crippen molar-refractivity contribution in [3.8, 4) is 0 Å². The fourth-order valence-corrected chi connectivity index (χ4v) is 4.01. The van der Waals surface area contributed by atoms with Crippen LogP contribution in [0.1, 0.15) is 24.4 Å². The average Bonchev–Trinajstić information content (AvgIpc) is 3.07. The molecule has 0 radical (unpaired) electrons. The van der Waals surface area contributed by atoms with Gasteiger partial charge < -0.3 is 5.32 Å². The van der Waals surface area contributed by atoms with Crippen LogP contribution in [-0.4, -0.2) is 6.54 Å². The van der Waals surface area contributed by atoms with Crippen LogP contribution in [0.15, 0.2) is 54.6 Å². The van der Waals surface area contributed by atoms with E-state index in [0.717, 1.165) is 6.54 Å². The highest BCUT2D eigenvalue weighted by Crippen LogP contribution is 2.38. The number of hydrogen-bond acceptors (Lipinski definition) is 1. The van der Waals surface area contributed by atoms with Gasteiger partial charge in [-0.15, -0.1) is 12.4 Å². The highest BCUT2D eigenvalue weighted by Gasteiger charge is 2.19. The van der Waals surface area contributed by atoms with Crippen LogP contribution in [0.5, 0.6) is 0 Å². The van der Waals surface area contributed by atoms with Crippen LogP contribution >= 0.6 is 12.4 Å². The van der Waals surface area contributed by atoms with E-state index in [1.165, 1.54) is 50.7 Å². The standard InChI is InChI=1S/C20H17N.ClH/c1-3-13-6-7-15-8-10-16(18-5-2-12-21-18)17-11-9-14(4-1)19(13)20(15)17;/h1,3-4,6-11,18,21H,2,5,12H2;1H/t18-;/m0./s1. The minimum Gasteiger partial charge on any atom is -0.310 e. The molecule has 1 aliphatic heterocycles. The fourth-order valence-electron chi connectivity index (χ4n) is 4.01. The van der Waals surface area contributed by atoms with E-state index in [1.54, 1.807) is 0 Å². The van der Waals surface area contributed by atoms with Crippen LogP contribution in [0.25, 0.3) is 32.3 Å². The number of hydrogen-bond donors (Lipinski definition) is 1. The van der Waals surface area contributed by atoms with Gasteiger partial charge in [-0.2, -0.15) is 0 Å². The number of benzene rings is 4. The van der Waals surface area contributed by atoms with E-state index >= 15 is 0 Å². The maximum Gasteiger partial charge on any atom is 0.0326 e. The lowest BCUT2D eigenvalue weighted by Crippen LogP contribution is -2.13. The van der Waals surface area contributed by atoms with Crippen molar-refractivity contribution in [1.82, 2.24) is 5.32 Å². The quantitative estimate of drug-likeness (QED) is 0.462. The summed E-state index contributed by atoms with van der Waals surface area (Å²) in [6, 6.07) is 20.9. The van der Waals surface area contributed by atoms with E-state index in [0.29, 0.717) is 6.04 Å². The Labute approximate surface area is 136 Å². The zero-order valence-electron chi connectivity index (χ0n) is 12.3. The van der Waals surface area contributed by atoms with Gasteiger partial charge in [0.1, 0.15) is 0 Å². The van der Waals surface area contributed by atoms with Gasteiger partial charge in [0.05, 0.1) is 0 Å². The van der Waals surface area contributed by atoms with Gasteiger partial charge in [0.15, 0.2) is 0 Å². The molecule has 2 heteroatoms. The number of nitrogens with one attached hydrogen (secondary N) is 1. The largest absolute Gasteiger partial charge is 0.310 e. The van der Waals surface area contributed by atoms with Crippen LogP contribution in [0.2, 0.25) is 0 Å². The Morgan fingerprint density at radius 3 is 2.18 bits per heavy atom. The van der Waals surface area contributed by atoms with Gasteiger partial charge in [0, 0.05) is 6.04 Å². The Balaban J connectivity index is 0.00000125. The van der Waals surface area contributed by atoms with Gasteiger partial charge in [-0.1, -0.05) is 54.6 Å². The highest BCUT2D eigenvalue weighted by molar-refractivity contribution is 6.23. The summed E-state index contributed by atoms with van der Waals surface area (Å²) < 4.78 is 0. The molecule has 5 rings (SSSR count). The van der Waals surface area contributed by atoms with Crippen LogP contribution in [0.4, 0.5) is 0 Å². The summed E-state index contributed by atoms with van der Waals surface area (Å²) in [7, 11) is 0. The highest BCUT2D eigenvalue weighted by atomic mass is 35.5. The normalized spacial score (nSPS) is 18.3. The maximum atomic E-state index is 3.65. The second-order valence-electron chi connectivity index (χ2n) is 6.16. The lowest BCUT2D eigenvalue weighted by molar-refractivity contribution is 0.653. The molecule has 110 valence electrons. The van der Waals surface area contributed by atoms with Crippen molar-refractivity contribution in [3.63, 3.8) is 0 Å². The Kier molecular flexibility index (Phi) is 3.21. The van der Waals surface area contributed by atoms with Gasteiger partial charge in [-0.05, 0) is 57.3 Å². The molecule has 0 bridgehead atoms. The van der Waals surface area contributed by atoms with E-state index in [4.69, 9.17) is 0 Å². The first-order valence-corrected chi connectivity index (χ1v) is 7.82. The minimum atomic E-state index is 0. The second kappa shape index (κ2) is 5.12. The maximum absolute atomic E-state index is 3.65. The lowest BCUT2D eigenvalue weighted by Gasteiger charge is -2.17. The van der Waals surface area contributed by atoms with Crippen molar-refractivity contribution in [2.45, 2.75) is 18.9 Å². The first-order valence-electron chi connectivity index (χ1n) is 7.82. The predicted molar refractivity (Wildman–Crippen MR) is 97.4 cm³/mol. The molecule has 1 nitrogen and oxygen atoms in total. The Morgan fingerprint density at radius 2 is 1.45 bits per heavy atom. The summed E-state index contributed by atoms with van der Waals surface area (Å²) in [6.07, 6.45) is 2.54. The van der Waals surface area contributed by atoms with Crippen molar-refractivity contribution < 1.29 is 0 Å². The van der Waals surface area contributed by atoms with Crippen molar-refractivity contribution in [3.05, 3.63) is 60.2 Å². The SMILES string of the molecule is Cl.c1cc2ccc3ccc([C@@H]4CCCN4)c4ccc(c1)c2c34. The third-order valence-electron chi connectivity index (χ3n) is 5.00. The van der Waals surface area contributed by atoms with E-state index < -0.39 is 0 Å². The summed E-state index contributed by atoms with van der Waals surface area (Å²) in [5.41, 5.74) is 1.47. The molecule has 4 aromatic rings. The molecule has 1 fully saturated rings. The van der Waals surface area contributed by atoms with Gasteiger partial charge in [0.2, 0.25) is 0 Å². The molecule has 4 aromatic carbocycles. The molecule has 1 heterocycles. The monoisotopic (exact) mass is 307 g/mol. The molecule has 0 spiro atoms. The Hall–Kier alpha value is -1.83. The molecule has 0 aromatic heterocycles. The summed E-state index contributed by atoms with van der Waals surface area (Å²) in [5.74, 6) is 0. The van der Waals surface area contributed by atoms with E-state index in [9.17, 15) is 0 Å². The molecular weight excluding hydrogens is 290 g/mol. The van der Waals surface area contributed by atoms with Gasteiger partial charge in [-0.3, -0.25) is 0 Å². The van der Waals surface area contributed by atoms with Crippen LogP contribution in [-0.2, 0) is 0 Å². The Bertz CT molecular complexity index is 938. The molecule has 0 saturated carbocycles. The van der Waals surface area contributed by atoms with Gasteiger partial charge in [-0.25, -0.2) is 0 Å². The molecule has 1 N–H and O–H groups in total. The smallest absolute Gasteiger partial charge is 0.0326 e. The summed E-state index contributed by atoms with van der Waals surface area (Å²) >= 11 is 0. The molecule has 0 unspecified atom stereocenters. The van der Waals surface area contributed by atoms with E-state index in [2.05, 4.69) is 59.9 Å². The molecule has 1 saturated heterocycles. The van der Waals surface area contributed by atoms with Crippen LogP contribution in [0.3, 0.4) is 0 Å². The van der Waals surface area contributed by atoms with Crippen molar-refractivity contribution >= 4 is 44.7 Å². The Morgan fingerprint density at radius 1 is 0.773 bits per heavy atom. The van der Waals surface area contributed by atoms with Gasteiger partial charge >= 0.3 is 0 Å². The molecule has 22 heavy (non-hydrogen) atoms. The molecular formula is C20H18ClN. The summed E-state index contributed by atoms with van der Waals surface area (Å²) in [5, 5.41) is 12.0.